The molecule has 3 rings (SSSR count). The lowest BCUT2D eigenvalue weighted by atomic mass is 10.1. The minimum atomic E-state index is -0.183. The Balaban J connectivity index is 1.53. The molecule has 0 saturated heterocycles. The van der Waals surface area contributed by atoms with E-state index < -0.39 is 0 Å². The van der Waals surface area contributed by atoms with E-state index >= 15 is 0 Å². The zero-order valence-corrected chi connectivity index (χ0v) is 19.2. The third-order valence-corrected chi connectivity index (χ3v) is 5.71. The number of amides is 1. The van der Waals surface area contributed by atoms with E-state index in [0.29, 0.717) is 12.3 Å². The molecule has 156 valence electrons. The van der Waals surface area contributed by atoms with E-state index in [-0.39, 0.29) is 12.5 Å². The van der Waals surface area contributed by atoms with Gasteiger partial charge in [0.2, 0.25) is 0 Å². The molecule has 3 aromatic carbocycles. The molecular weight excluding hydrogens is 440 g/mol. The predicted molar refractivity (Wildman–Crippen MR) is 127 cm³/mol. The van der Waals surface area contributed by atoms with Crippen LogP contribution in [0.3, 0.4) is 0 Å². The van der Waals surface area contributed by atoms with Crippen LogP contribution in [-0.2, 0) is 17.8 Å². The van der Waals surface area contributed by atoms with Crippen molar-refractivity contribution < 1.29 is 9.53 Å². The van der Waals surface area contributed by atoms with Gasteiger partial charge >= 0.3 is 0 Å². The van der Waals surface area contributed by atoms with Crippen LogP contribution in [0.15, 0.2) is 65.1 Å². The lowest BCUT2D eigenvalue weighted by molar-refractivity contribution is -0.118. The molecule has 3 aromatic rings. The van der Waals surface area contributed by atoms with E-state index in [1.54, 1.807) is 0 Å². The summed E-state index contributed by atoms with van der Waals surface area (Å²) in [7, 11) is 0. The van der Waals surface area contributed by atoms with Gasteiger partial charge in [0, 0.05) is 17.9 Å². The molecule has 0 radical (unpaired) electrons. The summed E-state index contributed by atoms with van der Waals surface area (Å²) in [6.45, 7) is 6.82. The van der Waals surface area contributed by atoms with Crippen molar-refractivity contribution in [3.8, 4) is 5.75 Å². The number of nitrogens with one attached hydrogen (secondary N) is 2. The van der Waals surface area contributed by atoms with E-state index in [9.17, 15) is 4.79 Å². The molecule has 30 heavy (non-hydrogen) atoms. The van der Waals surface area contributed by atoms with Crippen LogP contribution >= 0.6 is 15.9 Å². The zero-order valence-electron chi connectivity index (χ0n) is 17.6. The van der Waals surface area contributed by atoms with Crippen molar-refractivity contribution in [3.05, 3.63) is 87.4 Å². The fraction of sp³-hybridized carbons (Fsp3) is 0.240. The Morgan fingerprint density at radius 2 is 1.73 bits per heavy atom. The topological polar surface area (TPSA) is 50.4 Å². The van der Waals surface area contributed by atoms with Crippen LogP contribution in [-0.4, -0.2) is 12.5 Å². The first kappa shape index (κ1) is 21.9. The highest BCUT2D eigenvalue weighted by atomic mass is 79.9. The van der Waals surface area contributed by atoms with Gasteiger partial charge in [-0.05, 0) is 88.8 Å². The fourth-order valence-electron chi connectivity index (χ4n) is 3.05. The van der Waals surface area contributed by atoms with Crippen molar-refractivity contribution in [1.29, 1.82) is 0 Å². The van der Waals surface area contributed by atoms with Gasteiger partial charge in [0.15, 0.2) is 6.61 Å². The second kappa shape index (κ2) is 10.3. The van der Waals surface area contributed by atoms with Gasteiger partial charge in [-0.15, -0.1) is 0 Å². The molecule has 0 aliphatic rings. The SMILES string of the molecule is CCc1ccc(NCc2ccc(OCC(=O)Nc3cccc(C)c3C)c(Br)c2)cc1. The molecule has 0 heterocycles. The summed E-state index contributed by atoms with van der Waals surface area (Å²) >= 11 is 3.55. The number of halogens is 1. The van der Waals surface area contributed by atoms with Crippen molar-refractivity contribution in [2.75, 3.05) is 17.2 Å². The third kappa shape index (κ3) is 5.86. The number of anilines is 2. The third-order valence-electron chi connectivity index (χ3n) is 5.09. The first-order chi connectivity index (χ1) is 14.5. The molecule has 1 amide bonds. The summed E-state index contributed by atoms with van der Waals surface area (Å²) in [5, 5.41) is 6.33. The van der Waals surface area contributed by atoms with Gasteiger partial charge in [0.05, 0.1) is 4.47 Å². The van der Waals surface area contributed by atoms with E-state index in [2.05, 4.69) is 57.8 Å². The van der Waals surface area contributed by atoms with Crippen LogP contribution in [0, 0.1) is 13.8 Å². The Morgan fingerprint density at radius 1 is 1.00 bits per heavy atom. The Morgan fingerprint density at radius 3 is 2.43 bits per heavy atom. The maximum absolute atomic E-state index is 12.3. The highest BCUT2D eigenvalue weighted by molar-refractivity contribution is 9.10. The molecule has 0 aliphatic heterocycles. The maximum Gasteiger partial charge on any atom is 0.262 e. The minimum Gasteiger partial charge on any atom is -0.483 e. The molecule has 5 heteroatoms. The molecule has 0 bridgehead atoms. The highest BCUT2D eigenvalue weighted by Gasteiger charge is 2.09. The second-order valence-corrected chi connectivity index (χ2v) is 8.11. The van der Waals surface area contributed by atoms with Crippen LogP contribution < -0.4 is 15.4 Å². The van der Waals surface area contributed by atoms with Crippen LogP contribution in [0.4, 0.5) is 11.4 Å². The molecule has 0 saturated carbocycles. The summed E-state index contributed by atoms with van der Waals surface area (Å²) in [5.41, 5.74) is 6.55. The normalized spacial score (nSPS) is 10.5. The standard InChI is InChI=1S/C25H27BrN2O2/c1-4-19-8-11-21(12-9-19)27-15-20-10-13-24(22(26)14-20)30-16-25(29)28-23-7-5-6-17(2)18(23)3/h5-14,27H,4,15-16H2,1-3H3,(H,28,29). The van der Waals surface area contributed by atoms with E-state index in [4.69, 9.17) is 4.74 Å². The van der Waals surface area contributed by atoms with Crippen molar-refractivity contribution in [1.82, 2.24) is 0 Å². The average Bonchev–Trinajstić information content (AvgIpc) is 2.75. The first-order valence-electron chi connectivity index (χ1n) is 10.1. The van der Waals surface area contributed by atoms with Crippen molar-refractivity contribution >= 4 is 33.2 Å². The number of aryl methyl sites for hydroxylation is 2. The molecule has 2 N–H and O–H groups in total. The number of rotatable bonds is 8. The van der Waals surface area contributed by atoms with Gasteiger partial charge in [-0.25, -0.2) is 0 Å². The molecule has 0 atom stereocenters. The molecule has 0 fully saturated rings. The second-order valence-electron chi connectivity index (χ2n) is 7.25. The summed E-state index contributed by atoms with van der Waals surface area (Å²) in [6.07, 6.45) is 1.04. The summed E-state index contributed by atoms with van der Waals surface area (Å²) in [6, 6.07) is 20.2. The van der Waals surface area contributed by atoms with Crippen molar-refractivity contribution in [2.45, 2.75) is 33.7 Å². The molecule has 0 aliphatic carbocycles. The molecule has 0 unspecified atom stereocenters. The lowest BCUT2D eigenvalue weighted by Crippen LogP contribution is -2.21. The van der Waals surface area contributed by atoms with Crippen molar-refractivity contribution in [3.63, 3.8) is 0 Å². The van der Waals surface area contributed by atoms with Crippen LogP contribution in [0.5, 0.6) is 5.75 Å². The Labute approximate surface area is 186 Å². The Hall–Kier alpha value is -2.79. The Bertz CT molecular complexity index is 1020. The number of benzene rings is 3. The fourth-order valence-corrected chi connectivity index (χ4v) is 3.59. The average molecular weight is 467 g/mol. The van der Waals surface area contributed by atoms with Gasteiger partial charge in [-0.1, -0.05) is 37.3 Å². The van der Waals surface area contributed by atoms with Crippen LogP contribution in [0.25, 0.3) is 0 Å². The molecule has 4 nitrogen and oxygen atoms in total. The molecule has 0 spiro atoms. The summed E-state index contributed by atoms with van der Waals surface area (Å²) < 4.78 is 6.53. The number of hydrogen-bond donors (Lipinski definition) is 2. The summed E-state index contributed by atoms with van der Waals surface area (Å²) in [4.78, 5) is 12.3. The van der Waals surface area contributed by atoms with E-state index in [1.807, 2.05) is 50.2 Å². The first-order valence-corrected chi connectivity index (χ1v) is 10.9. The predicted octanol–water partition coefficient (Wildman–Crippen LogP) is 6.26. The minimum absolute atomic E-state index is 0.0483. The quantitative estimate of drug-likeness (QED) is 0.411. The highest BCUT2D eigenvalue weighted by Crippen LogP contribution is 2.27. The number of carbonyl (C=O) groups excluding carboxylic acids is 1. The van der Waals surface area contributed by atoms with E-state index in [0.717, 1.165) is 39.0 Å². The van der Waals surface area contributed by atoms with Gasteiger partial charge < -0.3 is 15.4 Å². The van der Waals surface area contributed by atoms with Gasteiger partial charge in [-0.3, -0.25) is 4.79 Å². The zero-order chi connectivity index (χ0) is 21.5. The van der Waals surface area contributed by atoms with Crippen LogP contribution in [0.2, 0.25) is 0 Å². The van der Waals surface area contributed by atoms with Gasteiger partial charge in [-0.2, -0.15) is 0 Å². The van der Waals surface area contributed by atoms with Crippen LogP contribution in [0.1, 0.15) is 29.2 Å². The summed E-state index contributed by atoms with van der Waals surface area (Å²) in [5.74, 6) is 0.457. The van der Waals surface area contributed by atoms with E-state index in [1.165, 1.54) is 5.56 Å². The number of carbonyl (C=O) groups is 1. The lowest BCUT2D eigenvalue weighted by Gasteiger charge is -2.13. The smallest absolute Gasteiger partial charge is 0.262 e. The number of ether oxygens (including phenoxy) is 1. The van der Waals surface area contributed by atoms with Gasteiger partial charge in [0.1, 0.15) is 5.75 Å². The number of hydrogen-bond acceptors (Lipinski definition) is 3. The van der Waals surface area contributed by atoms with Gasteiger partial charge in [0.25, 0.3) is 5.91 Å². The molecular formula is C25H27BrN2O2. The van der Waals surface area contributed by atoms with Crippen molar-refractivity contribution in [2.24, 2.45) is 0 Å². The monoisotopic (exact) mass is 466 g/mol. The largest absolute Gasteiger partial charge is 0.483 e. The molecule has 0 aromatic heterocycles. The Kier molecular flexibility index (Phi) is 7.52. The maximum atomic E-state index is 12.3.